The highest BCUT2D eigenvalue weighted by molar-refractivity contribution is 6.52. The van der Waals surface area contributed by atoms with Gasteiger partial charge in [-0.15, -0.1) is 0 Å². The fraction of sp³-hybridized carbons (Fsp3) is 0.120. The Morgan fingerprint density at radius 1 is 1.00 bits per heavy atom. The second-order valence-electron chi connectivity index (χ2n) is 7.52. The van der Waals surface area contributed by atoms with Crippen LogP contribution in [0.5, 0.6) is 11.5 Å². The van der Waals surface area contributed by atoms with Crippen LogP contribution in [0.25, 0.3) is 5.76 Å². The van der Waals surface area contributed by atoms with Gasteiger partial charge in [-0.05, 0) is 48.4 Å². The number of ether oxygens (including phenoxy) is 1. The molecule has 0 spiro atoms. The van der Waals surface area contributed by atoms with Crippen LogP contribution in [0.15, 0.2) is 66.2 Å². The molecule has 168 valence electrons. The van der Waals surface area contributed by atoms with Crippen molar-refractivity contribution in [2.75, 3.05) is 12.0 Å². The van der Waals surface area contributed by atoms with Gasteiger partial charge in [0, 0.05) is 11.3 Å². The molecule has 0 radical (unpaired) electrons. The Balaban J connectivity index is 1.99. The second-order valence-corrected chi connectivity index (χ2v) is 8.34. The topological polar surface area (TPSA) is 87.1 Å². The molecule has 2 N–H and O–H groups in total. The van der Waals surface area contributed by atoms with E-state index in [-0.39, 0.29) is 32.7 Å². The number of halogens is 2. The van der Waals surface area contributed by atoms with Crippen LogP contribution >= 0.6 is 23.2 Å². The Kier molecular flexibility index (Phi) is 6.06. The zero-order chi connectivity index (χ0) is 23.9. The van der Waals surface area contributed by atoms with Crippen LogP contribution < -0.4 is 9.64 Å². The van der Waals surface area contributed by atoms with E-state index in [1.807, 2.05) is 19.1 Å². The predicted octanol–water partition coefficient (Wildman–Crippen LogP) is 5.64. The van der Waals surface area contributed by atoms with E-state index in [0.717, 1.165) is 5.56 Å². The molecule has 1 amide bonds. The summed E-state index contributed by atoms with van der Waals surface area (Å²) in [5.41, 5.74) is 1.73. The summed E-state index contributed by atoms with van der Waals surface area (Å²) >= 11 is 12.5. The number of benzene rings is 3. The van der Waals surface area contributed by atoms with Gasteiger partial charge in [0.2, 0.25) is 0 Å². The number of Topliss-reactive ketones (excluding diaryl/α,β-unsaturated/α-hetero) is 1. The van der Waals surface area contributed by atoms with Gasteiger partial charge in [0.05, 0.1) is 28.8 Å². The van der Waals surface area contributed by atoms with Gasteiger partial charge in [-0.2, -0.15) is 0 Å². The van der Waals surface area contributed by atoms with Crippen LogP contribution in [0.2, 0.25) is 10.0 Å². The first-order chi connectivity index (χ1) is 15.7. The molecular weight excluding hydrogens is 465 g/mol. The Bertz CT molecular complexity index is 1290. The molecule has 0 aromatic heterocycles. The Labute approximate surface area is 200 Å². The quantitative estimate of drug-likeness (QED) is 0.284. The fourth-order valence-electron chi connectivity index (χ4n) is 3.97. The summed E-state index contributed by atoms with van der Waals surface area (Å²) in [5, 5.41) is 21.6. The number of aliphatic hydroxyl groups excluding tert-OH is 1. The number of carbonyl (C=O) groups is 2. The number of carbonyl (C=O) groups excluding carboxylic acids is 2. The highest BCUT2D eigenvalue weighted by Gasteiger charge is 2.47. The SMILES string of the molecule is COc1c(Cl)cc(/C(O)=C2\C(=O)C(=O)N(c3ccccc3C)C2c2cccc(O)c2)cc1Cl. The van der Waals surface area contributed by atoms with Crippen molar-refractivity contribution >= 4 is 46.3 Å². The number of nitrogens with zero attached hydrogens (tertiary/aromatic N) is 1. The normalized spacial score (nSPS) is 17.5. The summed E-state index contributed by atoms with van der Waals surface area (Å²) in [7, 11) is 1.40. The van der Waals surface area contributed by atoms with Gasteiger partial charge in [-0.25, -0.2) is 0 Å². The van der Waals surface area contributed by atoms with Crippen LogP contribution in [-0.2, 0) is 9.59 Å². The smallest absolute Gasteiger partial charge is 0.300 e. The lowest BCUT2D eigenvalue weighted by Gasteiger charge is -2.27. The maximum absolute atomic E-state index is 13.2. The molecule has 8 heteroatoms. The van der Waals surface area contributed by atoms with Crippen LogP contribution in [0.1, 0.15) is 22.7 Å². The van der Waals surface area contributed by atoms with Gasteiger partial charge in [-0.3, -0.25) is 14.5 Å². The number of aliphatic hydroxyl groups is 1. The minimum Gasteiger partial charge on any atom is -0.508 e. The molecule has 1 aliphatic rings. The van der Waals surface area contributed by atoms with Crippen molar-refractivity contribution in [2.45, 2.75) is 13.0 Å². The number of rotatable bonds is 4. The summed E-state index contributed by atoms with van der Waals surface area (Å²) in [6.45, 7) is 1.82. The first-order valence-electron chi connectivity index (χ1n) is 9.93. The Hall–Kier alpha value is -3.48. The molecule has 6 nitrogen and oxygen atoms in total. The number of aromatic hydroxyl groups is 1. The molecule has 0 saturated carbocycles. The van der Waals surface area contributed by atoms with E-state index >= 15 is 0 Å². The molecule has 4 rings (SSSR count). The van der Waals surface area contributed by atoms with Crippen LogP contribution in [0.4, 0.5) is 5.69 Å². The Morgan fingerprint density at radius 3 is 2.27 bits per heavy atom. The monoisotopic (exact) mass is 483 g/mol. The molecule has 1 unspecified atom stereocenters. The first-order valence-corrected chi connectivity index (χ1v) is 10.7. The minimum absolute atomic E-state index is 0.0431. The van der Waals surface area contributed by atoms with Gasteiger partial charge in [-0.1, -0.05) is 53.5 Å². The van der Waals surface area contributed by atoms with Crippen molar-refractivity contribution in [2.24, 2.45) is 0 Å². The number of amides is 1. The summed E-state index contributed by atoms with van der Waals surface area (Å²) in [4.78, 5) is 27.7. The summed E-state index contributed by atoms with van der Waals surface area (Å²) in [6.07, 6.45) is 0. The number of anilines is 1. The number of hydrogen-bond donors (Lipinski definition) is 2. The molecule has 3 aromatic rings. The van der Waals surface area contributed by atoms with E-state index in [1.165, 1.54) is 36.3 Å². The van der Waals surface area contributed by atoms with Crippen molar-refractivity contribution in [3.63, 3.8) is 0 Å². The molecule has 3 aromatic carbocycles. The molecular formula is C25H19Cl2NO5. The fourth-order valence-corrected chi connectivity index (χ4v) is 4.61. The maximum Gasteiger partial charge on any atom is 0.300 e. The van der Waals surface area contributed by atoms with Crippen molar-refractivity contribution < 1.29 is 24.5 Å². The van der Waals surface area contributed by atoms with Gasteiger partial charge in [0.1, 0.15) is 11.5 Å². The number of phenols is 1. The van der Waals surface area contributed by atoms with E-state index < -0.39 is 23.5 Å². The lowest BCUT2D eigenvalue weighted by molar-refractivity contribution is -0.132. The Morgan fingerprint density at radius 2 is 1.67 bits per heavy atom. The molecule has 1 aliphatic heterocycles. The lowest BCUT2D eigenvalue weighted by Crippen LogP contribution is -2.30. The zero-order valence-corrected chi connectivity index (χ0v) is 19.2. The molecule has 33 heavy (non-hydrogen) atoms. The summed E-state index contributed by atoms with van der Waals surface area (Å²) in [6, 6.07) is 15.1. The molecule has 1 heterocycles. The van der Waals surface area contributed by atoms with E-state index in [0.29, 0.717) is 11.3 Å². The van der Waals surface area contributed by atoms with Crippen molar-refractivity contribution in [1.82, 2.24) is 0 Å². The summed E-state index contributed by atoms with van der Waals surface area (Å²) in [5.74, 6) is -1.93. The molecule has 1 saturated heterocycles. The average molecular weight is 484 g/mol. The van der Waals surface area contributed by atoms with E-state index in [1.54, 1.807) is 24.3 Å². The number of para-hydroxylation sites is 1. The van der Waals surface area contributed by atoms with Gasteiger partial charge in [0.25, 0.3) is 11.7 Å². The predicted molar refractivity (Wildman–Crippen MR) is 127 cm³/mol. The third-order valence-corrected chi connectivity index (χ3v) is 6.04. The average Bonchev–Trinajstić information content (AvgIpc) is 3.04. The second kappa shape index (κ2) is 8.81. The van der Waals surface area contributed by atoms with Gasteiger partial charge < -0.3 is 14.9 Å². The highest BCUT2D eigenvalue weighted by atomic mass is 35.5. The third kappa shape index (κ3) is 3.92. The molecule has 1 fully saturated rings. The van der Waals surface area contributed by atoms with Crippen molar-refractivity contribution in [3.05, 3.63) is 93.0 Å². The standard InChI is InChI=1S/C25H19Cl2NO5/c1-13-6-3-4-9-19(13)28-21(14-7-5-8-16(29)10-14)20(23(31)25(28)32)22(30)15-11-17(26)24(33-2)18(27)12-15/h3-12,21,29-30H,1-2H3/b22-20+. The number of methoxy groups -OCH3 is 1. The van der Waals surface area contributed by atoms with Crippen molar-refractivity contribution in [3.8, 4) is 11.5 Å². The number of hydrogen-bond acceptors (Lipinski definition) is 5. The van der Waals surface area contributed by atoms with Gasteiger partial charge in [0.15, 0.2) is 5.75 Å². The van der Waals surface area contributed by atoms with E-state index in [2.05, 4.69) is 0 Å². The minimum atomic E-state index is -0.988. The molecule has 1 atom stereocenters. The van der Waals surface area contributed by atoms with E-state index in [9.17, 15) is 19.8 Å². The number of aryl methyl sites for hydroxylation is 1. The van der Waals surface area contributed by atoms with Crippen molar-refractivity contribution in [1.29, 1.82) is 0 Å². The van der Waals surface area contributed by atoms with Crippen LogP contribution in [-0.4, -0.2) is 29.0 Å². The highest BCUT2D eigenvalue weighted by Crippen LogP contribution is 2.44. The molecule has 0 aliphatic carbocycles. The van der Waals surface area contributed by atoms with Gasteiger partial charge >= 0.3 is 0 Å². The largest absolute Gasteiger partial charge is 0.508 e. The third-order valence-electron chi connectivity index (χ3n) is 5.48. The summed E-state index contributed by atoms with van der Waals surface area (Å²) < 4.78 is 5.15. The first kappa shape index (κ1) is 22.7. The van der Waals surface area contributed by atoms with E-state index in [4.69, 9.17) is 27.9 Å². The lowest BCUT2D eigenvalue weighted by atomic mass is 9.94. The maximum atomic E-state index is 13.2. The van der Waals surface area contributed by atoms with Crippen LogP contribution in [0.3, 0.4) is 0 Å². The zero-order valence-electron chi connectivity index (χ0n) is 17.7. The number of phenolic OH excluding ortho intramolecular Hbond substituents is 1. The number of ketones is 1. The molecule has 0 bridgehead atoms. The van der Waals surface area contributed by atoms with Crippen LogP contribution in [0, 0.1) is 6.92 Å².